The summed E-state index contributed by atoms with van der Waals surface area (Å²) in [5, 5.41) is 74.2. The summed E-state index contributed by atoms with van der Waals surface area (Å²) < 4.78 is 73.0. The molecule has 2 aliphatic rings. The molecule has 0 bridgehead atoms. The van der Waals surface area contributed by atoms with E-state index < -0.39 is 84.3 Å². The van der Waals surface area contributed by atoms with Crippen LogP contribution in [0.1, 0.15) is 123 Å². The van der Waals surface area contributed by atoms with Gasteiger partial charge in [-0.15, -0.1) is 39.5 Å². The molecule has 114 heavy (non-hydrogen) atoms. The first-order valence-corrected chi connectivity index (χ1v) is 35.5. The molecule has 0 radical (unpaired) electrons. The minimum absolute atomic E-state index is 0.0225. The number of hydrogen-bond acceptors (Lipinski definition) is 27. The number of allylic oxidation sites excluding steroid dienone is 2. The smallest absolute Gasteiger partial charge is 0.333 e. The second kappa shape index (κ2) is 83.6. The van der Waals surface area contributed by atoms with Crippen LogP contribution in [0.15, 0.2) is 148 Å². The highest BCUT2D eigenvalue weighted by atomic mass is 16.6. The Morgan fingerprint density at radius 3 is 1.26 bits per heavy atom. The van der Waals surface area contributed by atoms with Crippen LogP contribution >= 0.6 is 0 Å². The van der Waals surface area contributed by atoms with E-state index in [1.54, 1.807) is 36.6 Å². The Morgan fingerprint density at radius 1 is 0.447 bits per heavy atom. The van der Waals surface area contributed by atoms with Gasteiger partial charge in [-0.1, -0.05) is 88.3 Å². The van der Waals surface area contributed by atoms with Gasteiger partial charge < -0.3 is 117 Å². The van der Waals surface area contributed by atoms with Crippen LogP contribution in [-0.4, -0.2) is 267 Å². The number of aliphatic carboxylic acids is 9. The van der Waals surface area contributed by atoms with Gasteiger partial charge in [0.05, 0.1) is 57.3 Å². The molecule has 36 heteroatoms. The summed E-state index contributed by atoms with van der Waals surface area (Å²) in [4.78, 5) is 124. The minimum atomic E-state index is -1.19. The molecular formula is C78H120O36. The van der Waals surface area contributed by atoms with E-state index in [0.29, 0.717) is 57.0 Å². The van der Waals surface area contributed by atoms with Crippen molar-refractivity contribution in [3.05, 3.63) is 149 Å². The lowest BCUT2D eigenvalue weighted by atomic mass is 10.1. The standard InChI is InChI=1S/C13H18O7.C13H24O3.C9H14O3.C8H12O5.C8H12O4.C7H12O4.C7H8O4.C7H10O3.C6H10O3/c1-8(2)12(16)19-5-10(18-7-11(14)15)6-20-13(17)9(3)4;1-2-3-4-5-6-7-8-9-10-11-16-12-13(14)15;1-3-5-8(6-4-2)12-7-9(10)11;1-6(2)8(11)13-4-3-12-5-7(9)10;9-8(10)6-11-5-7-3-1-2-4-12-7;2*8-7(9)5-10-4-6-2-1-3-11-6;1-3-6(4-2)10-5-7(8)9;1-2-3-4-9-5-6(7)8/h10H,1,3,5-7H2,2,4H3,(H,14,15);2H,1,3-12H2,(H,14,15);3-4,8H,1-2,5-7H2,(H,10,11);1,3-5H2,2H3,(H,9,10);2,4,7H,1,3,5-6H2,(H,9,10);6H,1-5H2,(H,8,9);1-3H,4-5H2,(H,8,9);3-4,6H,1-2,5H2,(H,8,9);2H,1,3-5H2,(H,7,8). The highest BCUT2D eigenvalue weighted by Gasteiger charge is 2.19. The van der Waals surface area contributed by atoms with Crippen molar-refractivity contribution in [3.63, 3.8) is 0 Å². The van der Waals surface area contributed by atoms with Crippen LogP contribution in [0.3, 0.4) is 0 Å². The molecule has 1 saturated heterocycles. The molecule has 1 aromatic rings. The van der Waals surface area contributed by atoms with Crippen molar-refractivity contribution in [1.29, 1.82) is 0 Å². The molecule has 9 N–H and O–H groups in total. The molecule has 2 unspecified atom stereocenters. The summed E-state index contributed by atoms with van der Waals surface area (Å²) >= 11 is 0. The first-order chi connectivity index (χ1) is 54.1. The van der Waals surface area contributed by atoms with E-state index in [1.807, 2.05) is 12.2 Å². The lowest BCUT2D eigenvalue weighted by Crippen LogP contribution is -2.30. The monoisotopic (exact) mass is 1630 g/mol. The summed E-state index contributed by atoms with van der Waals surface area (Å²) in [7, 11) is 0. The number of rotatable bonds is 56. The van der Waals surface area contributed by atoms with E-state index in [4.69, 9.17) is 102 Å². The summed E-state index contributed by atoms with van der Waals surface area (Å²) in [5.74, 6) is -9.99. The third-order valence-corrected chi connectivity index (χ3v) is 12.4. The number of ether oxygens (including phenoxy) is 14. The largest absolute Gasteiger partial charge is 0.496 e. The van der Waals surface area contributed by atoms with Gasteiger partial charge in [-0.05, 0) is 103 Å². The van der Waals surface area contributed by atoms with Crippen LogP contribution in [0.5, 0.6) is 0 Å². The first-order valence-electron chi connectivity index (χ1n) is 35.5. The third-order valence-electron chi connectivity index (χ3n) is 12.4. The Morgan fingerprint density at radius 2 is 0.860 bits per heavy atom. The van der Waals surface area contributed by atoms with Crippen molar-refractivity contribution < 1.29 is 174 Å². The van der Waals surface area contributed by atoms with E-state index in [-0.39, 0.29) is 121 Å². The average Bonchev–Trinajstić information content (AvgIpc) is 1.26. The molecule has 0 aliphatic carbocycles. The van der Waals surface area contributed by atoms with Gasteiger partial charge in [-0.3, -0.25) is 0 Å². The van der Waals surface area contributed by atoms with Crippen LogP contribution < -0.4 is 0 Å². The van der Waals surface area contributed by atoms with Crippen molar-refractivity contribution in [2.75, 3.05) is 119 Å². The number of hydrogen-bond donors (Lipinski definition) is 9. The van der Waals surface area contributed by atoms with Crippen molar-refractivity contribution in [3.8, 4) is 0 Å². The maximum atomic E-state index is 11.2. The lowest BCUT2D eigenvalue weighted by Gasteiger charge is -2.18. The molecular weight excluding hydrogens is 1510 g/mol. The van der Waals surface area contributed by atoms with Gasteiger partial charge in [0.1, 0.15) is 104 Å². The molecule has 0 spiro atoms. The van der Waals surface area contributed by atoms with E-state index in [1.165, 1.54) is 71.3 Å². The number of furan rings is 1. The molecule has 3 heterocycles. The number of esters is 3. The number of unbranched alkanes of at least 4 members (excludes halogenated alkanes) is 7. The fourth-order valence-electron chi connectivity index (χ4n) is 7.12. The van der Waals surface area contributed by atoms with Crippen LogP contribution in [-0.2, 0) is 130 Å². The molecule has 0 amide bonds. The second-order valence-corrected chi connectivity index (χ2v) is 23.1. The quantitative estimate of drug-likeness (QED) is 0.00963. The average molecular weight is 1630 g/mol. The number of carbonyl (C=O) groups is 12. The van der Waals surface area contributed by atoms with Crippen LogP contribution in [0.25, 0.3) is 0 Å². The van der Waals surface area contributed by atoms with E-state index in [9.17, 15) is 57.5 Å². The molecule has 0 aromatic carbocycles. The fraction of sp³-hybridized carbons (Fsp3) is 0.538. The maximum absolute atomic E-state index is 11.2. The SMILES string of the molecule is C=C(C)C(=O)OCC(COC(=O)C(=C)C)OCC(=O)O.C=C(C)C(=O)OCCOCC(=O)O.C=CC(C=C)OCC(=O)O.C=CCC(CC=C)OCC(=O)O.C=CCCCCCCCCCOCC(=O)O.C=CCCOCC(=O)O.O=C(O)COCC1CCC=CO1.O=C(O)COCC1CCCO1.O=C(O)COCc1ccco1. The normalized spacial score (nSPS) is 12.3. The Balaban J connectivity index is -0.000000290. The van der Waals surface area contributed by atoms with Gasteiger partial charge in [0.25, 0.3) is 0 Å². The van der Waals surface area contributed by atoms with Crippen molar-refractivity contribution in [2.24, 2.45) is 0 Å². The van der Waals surface area contributed by atoms with E-state index >= 15 is 0 Å². The van der Waals surface area contributed by atoms with Crippen LogP contribution in [0.2, 0.25) is 0 Å². The highest BCUT2D eigenvalue weighted by molar-refractivity contribution is 5.88. The summed E-state index contributed by atoms with van der Waals surface area (Å²) in [6, 6.07) is 3.45. The van der Waals surface area contributed by atoms with Crippen molar-refractivity contribution in [2.45, 2.75) is 154 Å². The molecule has 2 aliphatic heterocycles. The minimum Gasteiger partial charge on any atom is -0.496 e. The first kappa shape index (κ1) is 115. The fourth-order valence-corrected chi connectivity index (χ4v) is 7.12. The number of carbonyl (C=O) groups excluding carboxylic acids is 3. The van der Waals surface area contributed by atoms with E-state index in [2.05, 4.69) is 73.4 Å². The van der Waals surface area contributed by atoms with Gasteiger partial charge in [0, 0.05) is 29.9 Å². The van der Waals surface area contributed by atoms with Gasteiger partial charge >= 0.3 is 71.6 Å². The molecule has 3 rings (SSSR count). The summed E-state index contributed by atoms with van der Waals surface area (Å²) in [5.41, 5.74) is 0.695. The third kappa shape index (κ3) is 95.9. The zero-order valence-corrected chi connectivity index (χ0v) is 65.7. The Labute approximate surface area is 665 Å². The molecule has 36 nitrogen and oxygen atoms in total. The van der Waals surface area contributed by atoms with Gasteiger partial charge in [-0.2, -0.15) is 0 Å². The second-order valence-electron chi connectivity index (χ2n) is 23.1. The van der Waals surface area contributed by atoms with Crippen molar-refractivity contribution >= 4 is 71.6 Å². The van der Waals surface area contributed by atoms with Gasteiger partial charge in [-0.25, -0.2) is 57.5 Å². The summed E-state index contributed by atoms with van der Waals surface area (Å²) in [6.45, 7) is 35.4. The van der Waals surface area contributed by atoms with Crippen molar-refractivity contribution in [1.82, 2.24) is 0 Å². The van der Waals surface area contributed by atoms with E-state index in [0.717, 1.165) is 51.6 Å². The van der Waals surface area contributed by atoms with Gasteiger partial charge in [0.15, 0.2) is 0 Å². The Bertz CT molecular complexity index is 2860. The Hall–Kier alpha value is -10.3. The predicted molar refractivity (Wildman–Crippen MR) is 412 cm³/mol. The molecule has 1 aromatic heterocycles. The van der Waals surface area contributed by atoms with Gasteiger partial charge in [0.2, 0.25) is 0 Å². The highest BCUT2D eigenvalue weighted by Crippen LogP contribution is 2.13. The number of carboxylic acids is 9. The van der Waals surface area contributed by atoms with Crippen LogP contribution in [0.4, 0.5) is 0 Å². The molecule has 1 fully saturated rings. The Kier molecular flexibility index (Phi) is 84.1. The van der Waals surface area contributed by atoms with Crippen LogP contribution in [0, 0.1) is 0 Å². The topological polar surface area (TPSA) is 529 Å². The molecule has 2 atom stereocenters. The molecule has 648 valence electrons. The zero-order valence-electron chi connectivity index (χ0n) is 65.7. The summed E-state index contributed by atoms with van der Waals surface area (Å²) in [6.07, 6.45) is 29.4. The lowest BCUT2D eigenvalue weighted by molar-refractivity contribution is -0.156. The molecule has 0 saturated carbocycles. The zero-order chi connectivity index (χ0) is 87.6. The number of carboxylic acid groups (broad SMARTS) is 9. The maximum Gasteiger partial charge on any atom is 0.333 e. The predicted octanol–water partition coefficient (Wildman–Crippen LogP) is 9.32.